The molecule has 0 aliphatic heterocycles. The maximum atomic E-state index is 13.4. The SMILES string of the molecule is CCC(OC(=O)C(C)=C(C(CC)[SiH2]O[Si](C)(C)C)C(CC)[SiH2]O[Si](C)(C)C)[SiH2]O[Si](C)(C)C. The Morgan fingerprint density at radius 2 is 1.03 bits per heavy atom. The third kappa shape index (κ3) is 15.2. The lowest BCUT2D eigenvalue weighted by Gasteiger charge is -2.32. The molecule has 5 nitrogen and oxygen atoms in total. The lowest BCUT2D eigenvalue weighted by molar-refractivity contribution is -0.141. The number of ether oxygens (including phenoxy) is 1. The van der Waals surface area contributed by atoms with Gasteiger partial charge in [-0.15, -0.1) is 0 Å². The van der Waals surface area contributed by atoms with Crippen LogP contribution in [0.15, 0.2) is 11.1 Å². The van der Waals surface area contributed by atoms with E-state index in [9.17, 15) is 4.79 Å². The van der Waals surface area contributed by atoms with Crippen LogP contribution in [0.1, 0.15) is 47.0 Å². The molecule has 0 bridgehead atoms. The molecular weight excluding hydrogens is 513 g/mol. The Kier molecular flexibility index (Phi) is 15.0. The van der Waals surface area contributed by atoms with Crippen LogP contribution >= 0.6 is 0 Å². The molecule has 3 unspecified atom stereocenters. The van der Waals surface area contributed by atoms with E-state index in [-0.39, 0.29) is 11.7 Å². The molecule has 11 heteroatoms. The first-order valence-corrected chi connectivity index (χ1v) is 27.2. The molecule has 0 aliphatic carbocycles. The van der Waals surface area contributed by atoms with Crippen LogP contribution in [0, 0.1) is 0 Å². The van der Waals surface area contributed by atoms with Crippen molar-refractivity contribution in [3.8, 4) is 0 Å². The van der Waals surface area contributed by atoms with E-state index in [4.69, 9.17) is 17.1 Å². The maximum Gasteiger partial charge on any atom is 0.333 e. The Morgan fingerprint density at radius 1 is 0.667 bits per heavy atom. The molecule has 0 radical (unpaired) electrons. The van der Waals surface area contributed by atoms with Gasteiger partial charge in [-0.2, -0.15) is 0 Å². The largest absolute Gasteiger partial charge is 0.461 e. The second kappa shape index (κ2) is 14.8. The molecule has 0 aromatic heterocycles. The Balaban J connectivity index is 5.97. The van der Waals surface area contributed by atoms with E-state index in [2.05, 4.69) is 79.7 Å². The first-order valence-electron chi connectivity index (χ1n) is 12.8. The van der Waals surface area contributed by atoms with Crippen LogP contribution in [-0.4, -0.2) is 65.9 Å². The molecule has 0 aromatic carbocycles. The van der Waals surface area contributed by atoms with Crippen LogP contribution in [-0.2, 0) is 21.9 Å². The molecule has 0 amide bonds. The smallest absolute Gasteiger partial charge is 0.333 e. The minimum Gasteiger partial charge on any atom is -0.461 e. The minimum atomic E-state index is -1.60. The van der Waals surface area contributed by atoms with Crippen molar-refractivity contribution in [2.24, 2.45) is 0 Å². The van der Waals surface area contributed by atoms with Crippen LogP contribution in [0.5, 0.6) is 0 Å². The molecular formula is C22H54O5Si6. The normalized spacial score (nSPS) is 16.8. The lowest BCUT2D eigenvalue weighted by Crippen LogP contribution is -2.36. The van der Waals surface area contributed by atoms with Gasteiger partial charge in [0.15, 0.2) is 54.2 Å². The quantitative estimate of drug-likeness (QED) is 0.153. The number of esters is 1. The number of hydrogen-bond acceptors (Lipinski definition) is 5. The number of allylic oxidation sites excluding steroid dienone is 1. The Bertz CT molecular complexity index is 594. The van der Waals surface area contributed by atoms with Gasteiger partial charge < -0.3 is 17.1 Å². The summed E-state index contributed by atoms with van der Waals surface area (Å²) in [5.41, 5.74) is 2.77. The highest BCUT2D eigenvalue weighted by Crippen LogP contribution is 2.37. The predicted molar refractivity (Wildman–Crippen MR) is 160 cm³/mol. The second-order valence-electron chi connectivity index (χ2n) is 12.0. The van der Waals surface area contributed by atoms with E-state index in [0.717, 1.165) is 24.8 Å². The van der Waals surface area contributed by atoms with Crippen molar-refractivity contribution in [2.75, 3.05) is 0 Å². The molecule has 0 fully saturated rings. The fraction of sp³-hybridized carbons (Fsp3) is 0.864. The monoisotopic (exact) mass is 566 g/mol. The van der Waals surface area contributed by atoms with Crippen LogP contribution in [0.2, 0.25) is 70.0 Å². The molecule has 0 aliphatic rings. The van der Waals surface area contributed by atoms with Gasteiger partial charge in [0.05, 0.1) is 0 Å². The van der Waals surface area contributed by atoms with Crippen LogP contribution in [0.25, 0.3) is 0 Å². The van der Waals surface area contributed by atoms with Gasteiger partial charge in [-0.25, -0.2) is 4.79 Å². The van der Waals surface area contributed by atoms with Crippen LogP contribution in [0.3, 0.4) is 0 Å². The number of hydrogen-bond donors (Lipinski definition) is 0. The van der Waals surface area contributed by atoms with Crippen molar-refractivity contribution in [3.63, 3.8) is 0 Å². The van der Waals surface area contributed by atoms with Crippen molar-refractivity contribution in [2.45, 2.75) is 123 Å². The molecule has 33 heavy (non-hydrogen) atoms. The van der Waals surface area contributed by atoms with E-state index in [1.807, 2.05) is 6.92 Å². The van der Waals surface area contributed by atoms with Crippen molar-refractivity contribution >= 4 is 60.2 Å². The van der Waals surface area contributed by atoms with E-state index in [0.29, 0.717) is 11.1 Å². The van der Waals surface area contributed by atoms with Gasteiger partial charge >= 0.3 is 5.97 Å². The second-order valence-corrected chi connectivity index (χ2v) is 32.0. The molecule has 0 N–H and O–H groups in total. The maximum absolute atomic E-state index is 13.4. The van der Waals surface area contributed by atoms with Crippen LogP contribution < -0.4 is 0 Å². The summed E-state index contributed by atoms with van der Waals surface area (Å²) >= 11 is 0. The Hall–Kier alpha value is 0.391. The third-order valence-electron chi connectivity index (χ3n) is 5.47. The molecule has 0 saturated carbocycles. The van der Waals surface area contributed by atoms with Crippen LogP contribution in [0.4, 0.5) is 0 Å². The summed E-state index contributed by atoms with van der Waals surface area (Å²) in [7, 11) is -7.30. The average molecular weight is 567 g/mol. The van der Waals surface area contributed by atoms with Crippen molar-refractivity contribution in [1.29, 1.82) is 0 Å². The van der Waals surface area contributed by atoms with Crippen molar-refractivity contribution in [3.05, 3.63) is 11.1 Å². The number of carbonyl (C=O) groups is 1. The van der Waals surface area contributed by atoms with E-state index in [1.165, 1.54) is 5.57 Å². The zero-order valence-electron chi connectivity index (χ0n) is 24.0. The van der Waals surface area contributed by atoms with Gasteiger partial charge in [-0.1, -0.05) is 39.2 Å². The lowest BCUT2D eigenvalue weighted by atomic mass is 9.98. The standard InChI is InChI=1S/C22H54O5Si6/c1-14-18(28-25-31(5,6)7)21(19(15-2)29-26-32(8,9)10)17(4)22(23)24-20(16-3)30-27-33(11,12)13/h18-20H,14-16,28-30H2,1-13H3. The van der Waals surface area contributed by atoms with E-state index >= 15 is 0 Å². The molecule has 196 valence electrons. The van der Waals surface area contributed by atoms with Gasteiger partial charge in [0.25, 0.3) is 0 Å². The van der Waals surface area contributed by atoms with Gasteiger partial charge in [0.2, 0.25) is 0 Å². The summed E-state index contributed by atoms with van der Waals surface area (Å²) in [5.74, 6) is -0.149. The fourth-order valence-electron chi connectivity index (χ4n) is 3.44. The highest BCUT2D eigenvalue weighted by molar-refractivity contribution is 6.75. The summed E-state index contributed by atoms with van der Waals surface area (Å²) in [6, 6.07) is 0. The Morgan fingerprint density at radius 3 is 1.33 bits per heavy atom. The summed E-state index contributed by atoms with van der Waals surface area (Å²) in [6.45, 7) is 28.7. The summed E-state index contributed by atoms with van der Waals surface area (Å²) in [5, 5.41) is 0. The minimum absolute atomic E-state index is 0.0634. The highest BCUT2D eigenvalue weighted by atomic mass is 28.4. The van der Waals surface area contributed by atoms with Crippen molar-refractivity contribution in [1.82, 2.24) is 0 Å². The predicted octanol–water partition coefficient (Wildman–Crippen LogP) is 4.79. The summed E-state index contributed by atoms with van der Waals surface area (Å²) < 4.78 is 25.2. The first kappa shape index (κ1) is 33.4. The van der Waals surface area contributed by atoms with Crippen molar-refractivity contribution < 1.29 is 21.9 Å². The number of rotatable bonds is 16. The zero-order chi connectivity index (χ0) is 26.0. The number of carbonyl (C=O) groups excluding carboxylic acids is 1. The Labute approximate surface area is 215 Å². The topological polar surface area (TPSA) is 54.0 Å². The fourth-order valence-corrected chi connectivity index (χ4v) is 14.7. The average Bonchev–Trinajstić information content (AvgIpc) is 2.67. The van der Waals surface area contributed by atoms with Gasteiger partial charge in [-0.05, 0) is 83.4 Å². The zero-order valence-corrected chi connectivity index (χ0v) is 31.3. The molecule has 0 spiro atoms. The highest BCUT2D eigenvalue weighted by Gasteiger charge is 2.31. The molecule has 3 atom stereocenters. The van der Waals surface area contributed by atoms with Gasteiger partial charge in [0, 0.05) is 5.57 Å². The first-order chi connectivity index (χ1) is 14.9. The molecule has 0 heterocycles. The molecule has 0 rings (SSSR count). The molecule has 0 aromatic rings. The molecule has 0 saturated heterocycles. The summed E-state index contributed by atoms with van der Waals surface area (Å²) in [6.07, 6.45) is 2.85. The third-order valence-corrected chi connectivity index (χ3v) is 21.8. The van der Waals surface area contributed by atoms with Gasteiger partial charge in [-0.3, -0.25) is 0 Å². The van der Waals surface area contributed by atoms with E-state index < -0.39 is 54.2 Å². The summed E-state index contributed by atoms with van der Waals surface area (Å²) in [4.78, 5) is 13.4. The van der Waals surface area contributed by atoms with E-state index in [1.54, 1.807) is 0 Å². The van der Waals surface area contributed by atoms with Gasteiger partial charge in [0.1, 0.15) is 5.73 Å².